The van der Waals surface area contributed by atoms with E-state index in [4.69, 9.17) is 21.4 Å². The predicted octanol–water partition coefficient (Wildman–Crippen LogP) is 3.83. The van der Waals surface area contributed by atoms with Crippen molar-refractivity contribution in [1.29, 1.82) is 0 Å². The molecule has 2 N–H and O–H groups in total. The fraction of sp³-hybridized carbons (Fsp3) is 0.250. The van der Waals surface area contributed by atoms with Gasteiger partial charge < -0.3 is 15.2 Å². The van der Waals surface area contributed by atoms with Gasteiger partial charge in [0.15, 0.2) is 6.61 Å². The van der Waals surface area contributed by atoms with E-state index in [0.717, 1.165) is 17.7 Å². The standard InChI is InChI=1S/C16H14ClNO4S2/c17-11-7-9(1-2-12(11)22-8-14(19)20)18-16(21)15-10-3-5-23-13(10)4-6-24-15/h1-3,5,7,15H,4,6,8H2,(H,18,21)(H,19,20). The van der Waals surface area contributed by atoms with Gasteiger partial charge in [0.1, 0.15) is 11.0 Å². The Bertz CT molecular complexity index is 777. The third-order valence-corrected chi connectivity index (χ3v) is 6.00. The molecule has 5 nitrogen and oxygen atoms in total. The zero-order valence-electron chi connectivity index (χ0n) is 12.5. The summed E-state index contributed by atoms with van der Waals surface area (Å²) in [5.74, 6) is 0.0251. The van der Waals surface area contributed by atoms with E-state index in [1.807, 2.05) is 11.4 Å². The summed E-state index contributed by atoms with van der Waals surface area (Å²) < 4.78 is 5.06. The highest BCUT2D eigenvalue weighted by Gasteiger charge is 2.28. The smallest absolute Gasteiger partial charge is 0.341 e. The van der Waals surface area contributed by atoms with Crippen LogP contribution >= 0.6 is 34.7 Å². The second-order valence-corrected chi connectivity index (χ2v) is 7.74. The summed E-state index contributed by atoms with van der Waals surface area (Å²) >= 11 is 9.39. The number of amides is 1. The van der Waals surface area contributed by atoms with Crippen molar-refractivity contribution in [1.82, 2.24) is 0 Å². The summed E-state index contributed by atoms with van der Waals surface area (Å²) in [6, 6.07) is 6.75. The molecule has 1 aromatic heterocycles. The number of carbonyl (C=O) groups excluding carboxylic acids is 1. The molecule has 1 aliphatic rings. The number of ether oxygens (including phenoxy) is 1. The highest BCUT2D eigenvalue weighted by Crippen LogP contribution is 2.40. The van der Waals surface area contributed by atoms with Crippen LogP contribution in [-0.2, 0) is 16.0 Å². The second kappa shape index (κ2) is 7.46. The average Bonchev–Trinajstić information content (AvgIpc) is 3.02. The maximum absolute atomic E-state index is 12.6. The molecule has 0 saturated carbocycles. The number of carboxylic acid groups (broad SMARTS) is 1. The van der Waals surface area contributed by atoms with Crippen LogP contribution in [0.2, 0.25) is 5.02 Å². The van der Waals surface area contributed by atoms with E-state index in [2.05, 4.69) is 5.32 Å². The van der Waals surface area contributed by atoms with Gasteiger partial charge in [-0.2, -0.15) is 0 Å². The van der Waals surface area contributed by atoms with Gasteiger partial charge >= 0.3 is 5.97 Å². The van der Waals surface area contributed by atoms with Crippen molar-refractivity contribution in [3.63, 3.8) is 0 Å². The highest BCUT2D eigenvalue weighted by atomic mass is 35.5. The maximum atomic E-state index is 12.6. The van der Waals surface area contributed by atoms with Crippen LogP contribution in [0.15, 0.2) is 29.6 Å². The average molecular weight is 384 g/mol. The van der Waals surface area contributed by atoms with Crippen molar-refractivity contribution in [2.75, 3.05) is 17.7 Å². The lowest BCUT2D eigenvalue weighted by Crippen LogP contribution is -2.22. The molecule has 0 fully saturated rings. The topological polar surface area (TPSA) is 75.6 Å². The van der Waals surface area contributed by atoms with Gasteiger partial charge in [-0.25, -0.2) is 4.79 Å². The normalized spacial score (nSPS) is 16.3. The van der Waals surface area contributed by atoms with Crippen LogP contribution in [-0.4, -0.2) is 29.3 Å². The zero-order valence-corrected chi connectivity index (χ0v) is 14.8. The van der Waals surface area contributed by atoms with E-state index in [1.165, 1.54) is 4.88 Å². The van der Waals surface area contributed by atoms with Gasteiger partial charge in [0.25, 0.3) is 0 Å². The number of aryl methyl sites for hydroxylation is 1. The Balaban J connectivity index is 1.69. The summed E-state index contributed by atoms with van der Waals surface area (Å²) in [5.41, 5.74) is 1.64. The number of halogens is 1. The van der Waals surface area contributed by atoms with Crippen LogP contribution in [0.3, 0.4) is 0 Å². The summed E-state index contributed by atoms with van der Waals surface area (Å²) in [7, 11) is 0. The number of carbonyl (C=O) groups is 2. The van der Waals surface area contributed by atoms with Crippen molar-refractivity contribution in [3.8, 4) is 5.75 Å². The van der Waals surface area contributed by atoms with Crippen LogP contribution < -0.4 is 10.1 Å². The molecule has 1 aliphatic heterocycles. The first kappa shape index (κ1) is 17.1. The lowest BCUT2D eigenvalue weighted by Gasteiger charge is -2.21. The van der Waals surface area contributed by atoms with Crippen LogP contribution in [0.4, 0.5) is 5.69 Å². The molecule has 24 heavy (non-hydrogen) atoms. The van der Waals surface area contributed by atoms with Crippen molar-refractivity contribution >= 4 is 52.3 Å². The van der Waals surface area contributed by atoms with Crippen molar-refractivity contribution < 1.29 is 19.4 Å². The number of nitrogens with one attached hydrogen (secondary N) is 1. The molecule has 8 heteroatoms. The Morgan fingerprint density at radius 3 is 2.96 bits per heavy atom. The van der Waals surface area contributed by atoms with E-state index in [-0.39, 0.29) is 21.9 Å². The molecule has 126 valence electrons. The monoisotopic (exact) mass is 383 g/mol. The summed E-state index contributed by atoms with van der Waals surface area (Å²) in [6.07, 6.45) is 1.00. The fourth-order valence-corrected chi connectivity index (χ4v) is 4.93. The number of aliphatic carboxylic acids is 1. The van der Waals surface area contributed by atoms with E-state index in [9.17, 15) is 9.59 Å². The molecular weight excluding hydrogens is 370 g/mol. The molecule has 2 aromatic rings. The quantitative estimate of drug-likeness (QED) is 0.820. The van der Waals surface area contributed by atoms with E-state index in [0.29, 0.717) is 5.69 Å². The third kappa shape index (κ3) is 3.85. The minimum Gasteiger partial charge on any atom is -0.480 e. The maximum Gasteiger partial charge on any atom is 0.341 e. The number of benzene rings is 1. The number of hydrogen-bond donors (Lipinski definition) is 2. The predicted molar refractivity (Wildman–Crippen MR) is 96.4 cm³/mol. The zero-order chi connectivity index (χ0) is 17.1. The van der Waals surface area contributed by atoms with Gasteiger partial charge in [-0.1, -0.05) is 11.6 Å². The summed E-state index contributed by atoms with van der Waals surface area (Å²) in [4.78, 5) is 24.4. The lowest BCUT2D eigenvalue weighted by atomic mass is 10.1. The molecule has 0 radical (unpaired) electrons. The van der Waals surface area contributed by atoms with Gasteiger partial charge in [-0.15, -0.1) is 23.1 Å². The largest absolute Gasteiger partial charge is 0.480 e. The van der Waals surface area contributed by atoms with Crippen LogP contribution in [0.25, 0.3) is 0 Å². The molecule has 1 amide bonds. The molecule has 0 saturated heterocycles. The van der Waals surface area contributed by atoms with E-state index >= 15 is 0 Å². The Morgan fingerprint density at radius 1 is 1.38 bits per heavy atom. The molecular formula is C16H14ClNO4S2. The number of hydrogen-bond acceptors (Lipinski definition) is 5. The van der Waals surface area contributed by atoms with Gasteiger partial charge in [0.2, 0.25) is 5.91 Å². The first-order valence-corrected chi connectivity index (χ1v) is 9.48. The molecule has 0 aliphatic carbocycles. The molecule has 3 rings (SSSR count). The molecule has 0 spiro atoms. The number of carboxylic acids is 1. The molecule has 1 aromatic carbocycles. The lowest BCUT2D eigenvalue weighted by molar-refractivity contribution is -0.139. The second-order valence-electron chi connectivity index (χ2n) is 5.12. The van der Waals surface area contributed by atoms with Gasteiger partial charge in [-0.05, 0) is 47.4 Å². The minimum absolute atomic E-state index is 0.0883. The summed E-state index contributed by atoms with van der Waals surface area (Å²) in [5, 5.41) is 13.5. The van der Waals surface area contributed by atoms with Crippen molar-refractivity contribution in [2.45, 2.75) is 11.7 Å². The Labute approximate surface area is 152 Å². The van der Waals surface area contributed by atoms with Crippen molar-refractivity contribution in [2.24, 2.45) is 0 Å². The van der Waals surface area contributed by atoms with Gasteiger partial charge in [0, 0.05) is 10.6 Å². The third-order valence-electron chi connectivity index (χ3n) is 3.46. The van der Waals surface area contributed by atoms with Crippen LogP contribution in [0, 0.1) is 0 Å². The SMILES string of the molecule is O=C(O)COc1ccc(NC(=O)C2SCCc3sccc32)cc1Cl. The minimum atomic E-state index is -1.08. The summed E-state index contributed by atoms with van der Waals surface area (Å²) in [6.45, 7) is -0.467. The van der Waals surface area contributed by atoms with Gasteiger partial charge in [-0.3, -0.25) is 4.79 Å². The van der Waals surface area contributed by atoms with Gasteiger partial charge in [0.05, 0.1) is 5.02 Å². The molecule has 0 bridgehead atoms. The Hall–Kier alpha value is -1.70. The molecule has 2 heterocycles. The molecule has 1 unspecified atom stereocenters. The van der Waals surface area contributed by atoms with Crippen molar-refractivity contribution in [3.05, 3.63) is 45.1 Å². The van der Waals surface area contributed by atoms with E-state index < -0.39 is 12.6 Å². The first-order valence-electron chi connectivity index (χ1n) is 7.17. The van der Waals surface area contributed by atoms with E-state index in [1.54, 1.807) is 41.3 Å². The fourth-order valence-electron chi connectivity index (χ4n) is 2.41. The number of fused-ring (bicyclic) bond motifs is 1. The molecule has 1 atom stereocenters. The highest BCUT2D eigenvalue weighted by molar-refractivity contribution is 8.00. The Kier molecular flexibility index (Phi) is 5.33. The van der Waals surface area contributed by atoms with Crippen LogP contribution in [0.1, 0.15) is 15.7 Å². The number of thioether (sulfide) groups is 1. The first-order chi connectivity index (χ1) is 11.5. The Morgan fingerprint density at radius 2 is 2.21 bits per heavy atom. The number of rotatable bonds is 5. The number of anilines is 1. The van der Waals surface area contributed by atoms with Crippen LogP contribution in [0.5, 0.6) is 5.75 Å². The number of thiophene rings is 1.